The van der Waals surface area contributed by atoms with Gasteiger partial charge in [-0.25, -0.2) is 4.98 Å². The fraction of sp³-hybridized carbons (Fsp3) is 0.350. The fourth-order valence-corrected chi connectivity index (χ4v) is 4.08. The molecule has 4 nitrogen and oxygen atoms in total. The molecular formula is C20H19BrClF3N4. The highest BCUT2D eigenvalue weighted by molar-refractivity contribution is 9.10. The highest BCUT2D eigenvalue weighted by Crippen LogP contribution is 2.35. The lowest BCUT2D eigenvalue weighted by Gasteiger charge is -2.20. The molecule has 29 heavy (non-hydrogen) atoms. The second-order valence-corrected chi connectivity index (χ2v) is 8.38. The molecular weight excluding hydrogens is 469 g/mol. The molecule has 0 saturated carbocycles. The number of alkyl halides is 3. The molecule has 0 atom stereocenters. The maximum Gasteiger partial charge on any atom is 0.417 e. The molecule has 1 N–H and O–H groups in total. The SMILES string of the molecule is FC(F)(F)c1cc(Cl)c2nc(-c3ccc(Br)cc3)c(CN3CCCNCC3)n2c1. The number of aromatic nitrogens is 2. The first-order chi connectivity index (χ1) is 13.8. The summed E-state index contributed by atoms with van der Waals surface area (Å²) in [4.78, 5) is 6.87. The molecule has 1 aliphatic heterocycles. The molecule has 1 aliphatic rings. The van der Waals surface area contributed by atoms with Gasteiger partial charge in [0.2, 0.25) is 0 Å². The van der Waals surface area contributed by atoms with Crippen LogP contribution in [0.2, 0.25) is 5.02 Å². The lowest BCUT2D eigenvalue weighted by atomic mass is 10.1. The molecule has 9 heteroatoms. The Morgan fingerprint density at radius 3 is 2.62 bits per heavy atom. The van der Waals surface area contributed by atoms with Gasteiger partial charge in [-0.1, -0.05) is 39.7 Å². The van der Waals surface area contributed by atoms with E-state index in [0.717, 1.165) is 54.9 Å². The zero-order chi connectivity index (χ0) is 20.6. The predicted molar refractivity (Wildman–Crippen MR) is 111 cm³/mol. The van der Waals surface area contributed by atoms with Crippen molar-refractivity contribution < 1.29 is 13.2 Å². The molecule has 0 amide bonds. The first-order valence-electron chi connectivity index (χ1n) is 9.29. The number of fused-ring (bicyclic) bond motifs is 1. The minimum absolute atomic E-state index is 0.0121. The summed E-state index contributed by atoms with van der Waals surface area (Å²) in [6, 6.07) is 8.52. The maximum absolute atomic E-state index is 13.4. The van der Waals surface area contributed by atoms with E-state index in [4.69, 9.17) is 11.6 Å². The highest BCUT2D eigenvalue weighted by Gasteiger charge is 2.32. The number of halogens is 5. The first-order valence-corrected chi connectivity index (χ1v) is 10.5. The zero-order valence-electron chi connectivity index (χ0n) is 15.4. The van der Waals surface area contributed by atoms with Gasteiger partial charge in [-0.2, -0.15) is 13.2 Å². The van der Waals surface area contributed by atoms with Gasteiger partial charge in [0, 0.05) is 35.9 Å². The summed E-state index contributed by atoms with van der Waals surface area (Å²) in [7, 11) is 0. The molecule has 1 aromatic carbocycles. The second kappa shape index (κ2) is 8.26. The molecule has 2 aromatic heterocycles. The summed E-state index contributed by atoms with van der Waals surface area (Å²) in [5, 5.41) is 3.33. The van der Waals surface area contributed by atoms with Gasteiger partial charge in [-0.15, -0.1) is 0 Å². The Balaban J connectivity index is 1.88. The number of hydrogen-bond acceptors (Lipinski definition) is 3. The largest absolute Gasteiger partial charge is 0.417 e. The van der Waals surface area contributed by atoms with E-state index in [1.807, 2.05) is 24.3 Å². The number of pyridine rings is 1. The van der Waals surface area contributed by atoms with E-state index in [1.54, 1.807) is 0 Å². The summed E-state index contributed by atoms with van der Waals surface area (Å²) in [5.74, 6) is 0. The number of nitrogens with one attached hydrogen (secondary N) is 1. The minimum atomic E-state index is -4.48. The standard InChI is InChI=1S/C20H19BrClF3N4/c21-15-4-2-13(3-5-15)18-17(12-28-8-1-6-26-7-9-28)29-11-14(20(23,24)25)10-16(22)19(29)27-18/h2-5,10-11,26H,1,6-9,12H2. The minimum Gasteiger partial charge on any atom is -0.315 e. The second-order valence-electron chi connectivity index (χ2n) is 7.06. The van der Waals surface area contributed by atoms with Gasteiger partial charge < -0.3 is 9.72 Å². The van der Waals surface area contributed by atoms with Gasteiger partial charge in [0.25, 0.3) is 0 Å². The lowest BCUT2D eigenvalue weighted by Crippen LogP contribution is -2.28. The van der Waals surface area contributed by atoms with Crippen LogP contribution >= 0.6 is 27.5 Å². The van der Waals surface area contributed by atoms with E-state index in [0.29, 0.717) is 23.6 Å². The van der Waals surface area contributed by atoms with Crippen molar-refractivity contribution >= 4 is 33.2 Å². The van der Waals surface area contributed by atoms with Crippen LogP contribution in [0.3, 0.4) is 0 Å². The Hall–Kier alpha value is -1.61. The Bertz CT molecular complexity index is 1010. The monoisotopic (exact) mass is 486 g/mol. The number of hydrogen-bond donors (Lipinski definition) is 1. The van der Waals surface area contributed by atoms with Crippen molar-refractivity contribution in [3.8, 4) is 11.3 Å². The maximum atomic E-state index is 13.4. The topological polar surface area (TPSA) is 32.6 Å². The van der Waals surface area contributed by atoms with Crippen molar-refractivity contribution in [1.29, 1.82) is 0 Å². The Morgan fingerprint density at radius 1 is 1.14 bits per heavy atom. The number of nitrogens with zero attached hydrogens (tertiary/aromatic N) is 3. The van der Waals surface area contributed by atoms with Crippen LogP contribution in [-0.2, 0) is 12.7 Å². The molecule has 3 aromatic rings. The predicted octanol–water partition coefficient (Wildman–Crippen LogP) is 5.23. The van der Waals surface area contributed by atoms with Crippen LogP contribution in [0.1, 0.15) is 17.7 Å². The molecule has 0 radical (unpaired) electrons. The van der Waals surface area contributed by atoms with Gasteiger partial charge in [-0.05, 0) is 37.7 Å². The Kier molecular flexibility index (Phi) is 5.88. The summed E-state index contributed by atoms with van der Waals surface area (Å²) in [6.45, 7) is 3.96. The third-order valence-electron chi connectivity index (χ3n) is 5.03. The van der Waals surface area contributed by atoms with E-state index in [2.05, 4.69) is 31.1 Å². The molecule has 1 saturated heterocycles. The Morgan fingerprint density at radius 2 is 1.90 bits per heavy atom. The average Bonchev–Trinajstić information content (AvgIpc) is 2.84. The van der Waals surface area contributed by atoms with Crippen LogP contribution < -0.4 is 5.32 Å². The van der Waals surface area contributed by atoms with Gasteiger partial charge in [0.05, 0.1) is 22.0 Å². The van der Waals surface area contributed by atoms with Crippen molar-refractivity contribution in [3.63, 3.8) is 0 Å². The van der Waals surface area contributed by atoms with Crippen LogP contribution in [0.5, 0.6) is 0 Å². The normalized spacial score (nSPS) is 16.3. The lowest BCUT2D eigenvalue weighted by molar-refractivity contribution is -0.137. The molecule has 1 fully saturated rings. The first kappa shape index (κ1) is 20.7. The van der Waals surface area contributed by atoms with Crippen LogP contribution in [0.4, 0.5) is 13.2 Å². The summed E-state index contributed by atoms with van der Waals surface area (Å²) >= 11 is 9.64. The summed E-state index contributed by atoms with van der Waals surface area (Å²) < 4.78 is 42.6. The molecule has 0 aliphatic carbocycles. The third kappa shape index (κ3) is 4.45. The Labute approximate surface area is 179 Å². The molecule has 3 heterocycles. The molecule has 154 valence electrons. The van der Waals surface area contributed by atoms with E-state index >= 15 is 0 Å². The van der Waals surface area contributed by atoms with Crippen LogP contribution in [0, 0.1) is 0 Å². The average molecular weight is 488 g/mol. The number of benzene rings is 1. The van der Waals surface area contributed by atoms with E-state index in [-0.39, 0.29) is 5.02 Å². The van der Waals surface area contributed by atoms with Crippen molar-refractivity contribution in [1.82, 2.24) is 19.6 Å². The van der Waals surface area contributed by atoms with Crippen LogP contribution in [-0.4, -0.2) is 40.5 Å². The fourth-order valence-electron chi connectivity index (χ4n) is 3.57. The number of imidazole rings is 1. The molecule has 4 rings (SSSR count). The van der Waals surface area contributed by atoms with Crippen molar-refractivity contribution in [2.24, 2.45) is 0 Å². The smallest absolute Gasteiger partial charge is 0.315 e. The van der Waals surface area contributed by atoms with Gasteiger partial charge in [0.1, 0.15) is 0 Å². The third-order valence-corrected chi connectivity index (χ3v) is 5.83. The number of rotatable bonds is 3. The summed E-state index contributed by atoms with van der Waals surface area (Å²) in [6.07, 6.45) is -2.40. The molecule has 0 spiro atoms. The van der Waals surface area contributed by atoms with Gasteiger partial charge >= 0.3 is 6.18 Å². The molecule has 0 unspecified atom stereocenters. The van der Waals surface area contributed by atoms with Crippen molar-refractivity contribution in [2.45, 2.75) is 19.1 Å². The zero-order valence-corrected chi connectivity index (χ0v) is 17.8. The van der Waals surface area contributed by atoms with E-state index < -0.39 is 11.7 Å². The highest BCUT2D eigenvalue weighted by atomic mass is 79.9. The van der Waals surface area contributed by atoms with Crippen LogP contribution in [0.15, 0.2) is 41.0 Å². The van der Waals surface area contributed by atoms with Gasteiger partial charge in [-0.3, -0.25) is 4.90 Å². The van der Waals surface area contributed by atoms with Crippen molar-refractivity contribution in [2.75, 3.05) is 26.2 Å². The van der Waals surface area contributed by atoms with Crippen LogP contribution in [0.25, 0.3) is 16.9 Å². The van der Waals surface area contributed by atoms with Gasteiger partial charge in [0.15, 0.2) is 5.65 Å². The van der Waals surface area contributed by atoms with Crippen molar-refractivity contribution in [3.05, 3.63) is 57.3 Å². The quantitative estimate of drug-likeness (QED) is 0.549. The summed E-state index contributed by atoms with van der Waals surface area (Å²) in [5.41, 5.74) is 1.74. The molecule has 0 bridgehead atoms. The van der Waals surface area contributed by atoms with E-state index in [1.165, 1.54) is 4.40 Å². The van der Waals surface area contributed by atoms with E-state index in [9.17, 15) is 13.2 Å².